The quantitative estimate of drug-likeness (QED) is 0.694. The molecule has 1 nitrogen and oxygen atoms in total. The molecule has 0 unspecified atom stereocenters. The van der Waals surface area contributed by atoms with Crippen LogP contribution in [0.25, 0.3) is 0 Å². The van der Waals surface area contributed by atoms with Crippen LogP contribution in [0.2, 0.25) is 5.02 Å². The molecule has 0 atom stereocenters. The average Bonchev–Trinajstić information content (AvgIpc) is 2.25. The molecule has 0 radical (unpaired) electrons. The van der Waals surface area contributed by atoms with Crippen LogP contribution < -0.4 is 0 Å². The number of hydrogen-bond donors (Lipinski definition) is 0. The van der Waals surface area contributed by atoms with Gasteiger partial charge in [0.1, 0.15) is 0 Å². The maximum Gasteiger partial charge on any atom is 0.0406 e. The predicted octanol–water partition coefficient (Wildman–Crippen LogP) is 3.14. The number of likely N-dealkylation sites (N-methyl/N-ethyl adjacent to an activating group) is 1. The van der Waals surface area contributed by atoms with Crippen molar-refractivity contribution in [1.82, 2.24) is 4.90 Å². The highest BCUT2D eigenvalue weighted by molar-refractivity contribution is 6.30. The first-order valence-electron chi connectivity index (χ1n) is 5.35. The molecule has 1 heterocycles. The third-order valence-electron chi connectivity index (χ3n) is 2.85. The number of rotatable bonds is 2. The normalized spacial score (nSPS) is 17.6. The molecule has 0 N–H and O–H groups in total. The molecule has 1 aromatic rings. The number of halogens is 1. The maximum absolute atomic E-state index is 5.85. The van der Waals surface area contributed by atoms with Crippen molar-refractivity contribution < 1.29 is 0 Å². The lowest BCUT2D eigenvalue weighted by Crippen LogP contribution is -2.24. The van der Waals surface area contributed by atoms with E-state index in [-0.39, 0.29) is 0 Å². The fourth-order valence-corrected chi connectivity index (χ4v) is 1.96. The Balaban J connectivity index is 2.00. The molecule has 0 saturated carbocycles. The monoisotopic (exact) mass is 221 g/mol. The molecule has 2 heteroatoms. The smallest absolute Gasteiger partial charge is 0.0406 e. The van der Waals surface area contributed by atoms with Crippen LogP contribution in [0, 0.1) is 0 Å². The molecule has 1 aliphatic heterocycles. The Kier molecular flexibility index (Phi) is 3.45. The van der Waals surface area contributed by atoms with Crippen LogP contribution in [0.15, 0.2) is 35.9 Å². The van der Waals surface area contributed by atoms with Gasteiger partial charge >= 0.3 is 0 Å². The Morgan fingerprint density at radius 2 is 2.00 bits per heavy atom. The van der Waals surface area contributed by atoms with Gasteiger partial charge in [-0.05, 0) is 37.6 Å². The SMILES string of the molecule is CN1CC=C(Cc2ccc(Cl)cc2)CC1. The summed E-state index contributed by atoms with van der Waals surface area (Å²) in [5.41, 5.74) is 2.91. The van der Waals surface area contributed by atoms with Crippen LogP contribution >= 0.6 is 11.6 Å². The van der Waals surface area contributed by atoms with E-state index in [1.54, 1.807) is 5.57 Å². The van der Waals surface area contributed by atoms with Gasteiger partial charge in [-0.1, -0.05) is 35.4 Å². The third kappa shape index (κ3) is 3.08. The van der Waals surface area contributed by atoms with E-state index in [9.17, 15) is 0 Å². The molecule has 2 rings (SSSR count). The molecule has 0 amide bonds. The Morgan fingerprint density at radius 3 is 2.60 bits per heavy atom. The predicted molar refractivity (Wildman–Crippen MR) is 65.4 cm³/mol. The molecule has 1 aliphatic rings. The molecule has 0 aromatic heterocycles. The van der Waals surface area contributed by atoms with Crippen molar-refractivity contribution in [1.29, 1.82) is 0 Å². The second-order valence-corrected chi connectivity index (χ2v) is 4.61. The first kappa shape index (κ1) is 10.7. The van der Waals surface area contributed by atoms with Crippen LogP contribution in [0.3, 0.4) is 0 Å². The summed E-state index contributed by atoms with van der Waals surface area (Å²) in [6, 6.07) is 8.15. The lowest BCUT2D eigenvalue weighted by atomic mass is 10.00. The van der Waals surface area contributed by atoms with E-state index in [1.807, 2.05) is 12.1 Å². The molecule has 80 valence electrons. The summed E-state index contributed by atoms with van der Waals surface area (Å²) >= 11 is 5.85. The summed E-state index contributed by atoms with van der Waals surface area (Å²) in [5.74, 6) is 0. The second-order valence-electron chi connectivity index (χ2n) is 4.18. The molecule has 1 aromatic carbocycles. The second kappa shape index (κ2) is 4.82. The number of benzene rings is 1. The van der Waals surface area contributed by atoms with E-state index in [2.05, 4.69) is 30.2 Å². The first-order valence-corrected chi connectivity index (χ1v) is 5.73. The Hall–Kier alpha value is -0.790. The molecular weight excluding hydrogens is 206 g/mol. The lowest BCUT2D eigenvalue weighted by molar-refractivity contribution is 0.357. The molecule has 0 bridgehead atoms. The van der Waals surface area contributed by atoms with Crippen molar-refractivity contribution in [2.75, 3.05) is 20.1 Å². The number of hydrogen-bond acceptors (Lipinski definition) is 1. The van der Waals surface area contributed by atoms with Crippen LogP contribution in [-0.4, -0.2) is 25.0 Å². The summed E-state index contributed by atoms with van der Waals surface area (Å²) in [6.07, 6.45) is 4.61. The summed E-state index contributed by atoms with van der Waals surface area (Å²) in [4.78, 5) is 2.34. The van der Waals surface area contributed by atoms with Gasteiger partial charge in [-0.15, -0.1) is 0 Å². The largest absolute Gasteiger partial charge is 0.302 e. The van der Waals surface area contributed by atoms with Crippen molar-refractivity contribution in [2.45, 2.75) is 12.8 Å². The lowest BCUT2D eigenvalue weighted by Gasteiger charge is -2.21. The summed E-state index contributed by atoms with van der Waals surface area (Å²) < 4.78 is 0. The zero-order valence-electron chi connectivity index (χ0n) is 9.04. The van der Waals surface area contributed by atoms with Crippen molar-refractivity contribution in [3.8, 4) is 0 Å². The fourth-order valence-electron chi connectivity index (χ4n) is 1.84. The van der Waals surface area contributed by atoms with Gasteiger partial charge in [-0.25, -0.2) is 0 Å². The zero-order valence-corrected chi connectivity index (χ0v) is 9.80. The van der Waals surface area contributed by atoms with E-state index in [0.29, 0.717) is 0 Å². The summed E-state index contributed by atoms with van der Waals surface area (Å²) in [6.45, 7) is 2.27. The van der Waals surface area contributed by atoms with Crippen LogP contribution in [-0.2, 0) is 6.42 Å². The van der Waals surface area contributed by atoms with Crippen molar-refractivity contribution in [3.63, 3.8) is 0 Å². The number of nitrogens with zero attached hydrogens (tertiary/aromatic N) is 1. The Morgan fingerprint density at radius 1 is 1.27 bits per heavy atom. The standard InChI is InChI=1S/C13H16ClN/c1-15-8-6-12(7-9-15)10-11-2-4-13(14)5-3-11/h2-6H,7-10H2,1H3. The maximum atomic E-state index is 5.85. The van der Waals surface area contributed by atoms with Gasteiger partial charge in [-0.3, -0.25) is 0 Å². The first-order chi connectivity index (χ1) is 7.24. The van der Waals surface area contributed by atoms with Crippen molar-refractivity contribution in [3.05, 3.63) is 46.5 Å². The highest BCUT2D eigenvalue weighted by atomic mass is 35.5. The molecule has 0 spiro atoms. The average molecular weight is 222 g/mol. The minimum atomic E-state index is 0.816. The molecule has 0 saturated heterocycles. The van der Waals surface area contributed by atoms with E-state index in [4.69, 9.17) is 11.6 Å². The van der Waals surface area contributed by atoms with Crippen LogP contribution in [0.4, 0.5) is 0 Å². The minimum absolute atomic E-state index is 0.816. The molecular formula is C13H16ClN. The van der Waals surface area contributed by atoms with Gasteiger partial charge < -0.3 is 4.90 Å². The fraction of sp³-hybridized carbons (Fsp3) is 0.385. The van der Waals surface area contributed by atoms with E-state index >= 15 is 0 Å². The van der Waals surface area contributed by atoms with Gasteiger partial charge in [0.2, 0.25) is 0 Å². The van der Waals surface area contributed by atoms with Gasteiger partial charge in [0.05, 0.1) is 0 Å². The molecule has 0 fully saturated rings. The third-order valence-corrected chi connectivity index (χ3v) is 3.10. The topological polar surface area (TPSA) is 3.24 Å². The zero-order chi connectivity index (χ0) is 10.7. The van der Waals surface area contributed by atoms with Crippen molar-refractivity contribution in [2.24, 2.45) is 0 Å². The van der Waals surface area contributed by atoms with Crippen molar-refractivity contribution >= 4 is 11.6 Å². The molecule has 0 aliphatic carbocycles. The Bertz CT molecular complexity index is 353. The van der Waals surface area contributed by atoms with Gasteiger partial charge in [0.25, 0.3) is 0 Å². The summed E-state index contributed by atoms with van der Waals surface area (Å²) in [5, 5.41) is 0.816. The van der Waals surface area contributed by atoms with E-state index in [1.165, 1.54) is 18.5 Å². The van der Waals surface area contributed by atoms with E-state index in [0.717, 1.165) is 18.0 Å². The molecule has 15 heavy (non-hydrogen) atoms. The van der Waals surface area contributed by atoms with Crippen LogP contribution in [0.1, 0.15) is 12.0 Å². The van der Waals surface area contributed by atoms with Gasteiger partial charge in [0, 0.05) is 18.1 Å². The summed E-state index contributed by atoms with van der Waals surface area (Å²) in [7, 11) is 2.16. The van der Waals surface area contributed by atoms with Crippen LogP contribution in [0.5, 0.6) is 0 Å². The highest BCUT2D eigenvalue weighted by Gasteiger charge is 2.07. The van der Waals surface area contributed by atoms with Gasteiger partial charge in [-0.2, -0.15) is 0 Å². The highest BCUT2D eigenvalue weighted by Crippen LogP contribution is 2.17. The Labute approximate surface area is 96.4 Å². The van der Waals surface area contributed by atoms with Gasteiger partial charge in [0.15, 0.2) is 0 Å². The minimum Gasteiger partial charge on any atom is -0.302 e. The van der Waals surface area contributed by atoms with E-state index < -0.39 is 0 Å².